The second-order valence-corrected chi connectivity index (χ2v) is 7.64. The third-order valence-corrected chi connectivity index (χ3v) is 4.88. The van der Waals surface area contributed by atoms with Gasteiger partial charge in [-0.15, -0.1) is 0 Å². The zero-order valence-electron chi connectivity index (χ0n) is 16.9. The monoisotopic (exact) mass is 405 g/mol. The van der Waals surface area contributed by atoms with Crippen LogP contribution in [0.2, 0.25) is 5.02 Å². The molecule has 0 saturated carbocycles. The number of hydrogen-bond acceptors (Lipinski definition) is 3. The van der Waals surface area contributed by atoms with Gasteiger partial charge in [0, 0.05) is 18.7 Å². The maximum atomic E-state index is 11.2. The zero-order valence-corrected chi connectivity index (χ0v) is 17.6. The molecule has 29 heavy (non-hydrogen) atoms. The molecule has 0 aliphatic rings. The lowest BCUT2D eigenvalue weighted by atomic mass is 10.0. The normalized spacial score (nSPS) is 12.1. The summed E-state index contributed by atoms with van der Waals surface area (Å²) in [5.74, 6) is 1.43. The predicted octanol–water partition coefficient (Wildman–Crippen LogP) is 7.13. The van der Waals surface area contributed by atoms with E-state index in [9.17, 15) is 4.79 Å². The van der Waals surface area contributed by atoms with E-state index in [4.69, 9.17) is 16.3 Å². The van der Waals surface area contributed by atoms with Gasteiger partial charge in [0.2, 0.25) is 5.88 Å². The molecule has 0 amide bonds. The van der Waals surface area contributed by atoms with Gasteiger partial charge in [0.1, 0.15) is 11.5 Å². The zero-order chi connectivity index (χ0) is 20.8. The van der Waals surface area contributed by atoms with Gasteiger partial charge in [0.15, 0.2) is 0 Å². The first kappa shape index (κ1) is 20.8. The first-order valence-corrected chi connectivity index (χ1v) is 9.97. The second-order valence-electron chi connectivity index (χ2n) is 7.23. The van der Waals surface area contributed by atoms with Crippen LogP contribution in [0.4, 0.5) is 0 Å². The molecule has 148 valence electrons. The van der Waals surface area contributed by atoms with Crippen molar-refractivity contribution in [2.45, 2.75) is 27.2 Å². The number of nitrogens with zero attached hydrogens (tertiary/aromatic N) is 1. The van der Waals surface area contributed by atoms with Crippen LogP contribution in [-0.4, -0.2) is 10.8 Å². The molecule has 4 heteroatoms. The molecule has 1 atom stereocenters. The van der Waals surface area contributed by atoms with Gasteiger partial charge in [-0.2, -0.15) is 0 Å². The van der Waals surface area contributed by atoms with E-state index in [2.05, 4.69) is 24.0 Å². The fourth-order valence-electron chi connectivity index (χ4n) is 3.11. The quantitative estimate of drug-likeness (QED) is 0.419. The largest absolute Gasteiger partial charge is 0.437 e. The number of carbonyl (C=O) groups excluding carboxylic acids is 1. The number of ether oxygens (including phenoxy) is 1. The van der Waals surface area contributed by atoms with Crippen LogP contribution in [0.15, 0.2) is 66.9 Å². The van der Waals surface area contributed by atoms with Crippen molar-refractivity contribution in [2.24, 2.45) is 5.92 Å². The second kappa shape index (κ2) is 9.53. The Bertz CT molecular complexity index is 1030. The number of pyridine rings is 1. The van der Waals surface area contributed by atoms with Gasteiger partial charge in [-0.25, -0.2) is 4.98 Å². The standard InChI is InChI=1S/C25H24ClNO2/c1-17(14-19(3)28)8-9-20-10-13-25(27-16-20)29-24-12-11-21(15-23(24)26)22-7-5-4-6-18(22)2/h4-13,15-17H,14H2,1-3H3/b9-8+/t17-/m0/s1. The number of Topliss-reactive ketones (excluding diaryl/α,β-unsaturated/α-hetero) is 1. The summed E-state index contributed by atoms with van der Waals surface area (Å²) in [4.78, 5) is 15.5. The molecule has 1 heterocycles. The highest BCUT2D eigenvalue weighted by Crippen LogP contribution is 2.33. The Morgan fingerprint density at radius 3 is 2.62 bits per heavy atom. The summed E-state index contributed by atoms with van der Waals surface area (Å²) < 4.78 is 5.85. The number of hydrogen-bond donors (Lipinski definition) is 0. The summed E-state index contributed by atoms with van der Waals surface area (Å²) in [6, 6.07) is 17.7. The average Bonchev–Trinajstić information content (AvgIpc) is 2.69. The highest BCUT2D eigenvalue weighted by Gasteiger charge is 2.08. The molecule has 3 rings (SSSR count). The van der Waals surface area contributed by atoms with E-state index in [1.165, 1.54) is 5.56 Å². The van der Waals surface area contributed by atoms with Gasteiger partial charge in [-0.05, 0) is 60.2 Å². The van der Waals surface area contributed by atoms with E-state index in [1.807, 2.05) is 55.5 Å². The van der Waals surface area contributed by atoms with Gasteiger partial charge in [-0.1, -0.05) is 61.0 Å². The minimum atomic E-state index is 0.189. The third-order valence-electron chi connectivity index (χ3n) is 4.59. The van der Waals surface area contributed by atoms with Gasteiger partial charge in [0.05, 0.1) is 5.02 Å². The molecule has 0 fully saturated rings. The smallest absolute Gasteiger partial charge is 0.219 e. The number of rotatable bonds is 7. The number of aromatic nitrogens is 1. The number of allylic oxidation sites excluding steroid dienone is 1. The van der Waals surface area contributed by atoms with Gasteiger partial charge in [0.25, 0.3) is 0 Å². The summed E-state index contributed by atoms with van der Waals surface area (Å²) in [6.07, 6.45) is 6.26. The van der Waals surface area contributed by atoms with E-state index >= 15 is 0 Å². The first-order valence-electron chi connectivity index (χ1n) is 9.59. The maximum absolute atomic E-state index is 11.2. The summed E-state index contributed by atoms with van der Waals surface area (Å²) in [5.41, 5.74) is 4.34. The van der Waals surface area contributed by atoms with E-state index in [0.29, 0.717) is 23.1 Å². The molecule has 0 bridgehead atoms. The average molecular weight is 406 g/mol. The molecule has 0 aliphatic heterocycles. The molecular weight excluding hydrogens is 382 g/mol. The lowest BCUT2D eigenvalue weighted by Crippen LogP contribution is -1.97. The molecule has 0 spiro atoms. The Morgan fingerprint density at radius 2 is 1.97 bits per heavy atom. The Morgan fingerprint density at radius 1 is 1.17 bits per heavy atom. The number of aryl methyl sites for hydroxylation is 1. The molecule has 0 radical (unpaired) electrons. The molecule has 0 saturated heterocycles. The van der Waals surface area contributed by atoms with E-state index in [-0.39, 0.29) is 11.7 Å². The molecule has 3 nitrogen and oxygen atoms in total. The lowest BCUT2D eigenvalue weighted by Gasteiger charge is -2.10. The van der Waals surface area contributed by atoms with E-state index in [0.717, 1.165) is 16.7 Å². The minimum absolute atomic E-state index is 0.189. The van der Waals surface area contributed by atoms with Crippen LogP contribution in [0.5, 0.6) is 11.6 Å². The van der Waals surface area contributed by atoms with Crippen LogP contribution in [0.3, 0.4) is 0 Å². The Labute approximate surface area is 177 Å². The van der Waals surface area contributed by atoms with E-state index in [1.54, 1.807) is 19.2 Å². The van der Waals surface area contributed by atoms with E-state index < -0.39 is 0 Å². The SMILES string of the molecule is CC(=O)C[C@@H](C)/C=C/c1ccc(Oc2ccc(-c3ccccc3C)cc2Cl)nc1. The Hall–Kier alpha value is -2.91. The van der Waals surface area contributed by atoms with Crippen molar-refractivity contribution in [1.29, 1.82) is 0 Å². The van der Waals surface area contributed by atoms with Crippen molar-refractivity contribution < 1.29 is 9.53 Å². The van der Waals surface area contributed by atoms with Crippen LogP contribution >= 0.6 is 11.6 Å². The Kier molecular flexibility index (Phi) is 6.84. The molecular formula is C25H24ClNO2. The summed E-state index contributed by atoms with van der Waals surface area (Å²) >= 11 is 6.45. The van der Waals surface area contributed by atoms with Crippen molar-refractivity contribution in [2.75, 3.05) is 0 Å². The fraction of sp³-hybridized carbons (Fsp3) is 0.200. The summed E-state index contributed by atoms with van der Waals surface area (Å²) in [6.45, 7) is 5.70. The topological polar surface area (TPSA) is 39.2 Å². The summed E-state index contributed by atoms with van der Waals surface area (Å²) in [7, 11) is 0. The van der Waals surface area contributed by atoms with Crippen LogP contribution in [0.1, 0.15) is 31.4 Å². The molecule has 3 aromatic rings. The molecule has 0 aliphatic carbocycles. The van der Waals surface area contributed by atoms with Gasteiger partial charge in [-0.3, -0.25) is 0 Å². The van der Waals surface area contributed by atoms with Crippen LogP contribution in [-0.2, 0) is 4.79 Å². The van der Waals surface area contributed by atoms with Crippen molar-refractivity contribution in [3.63, 3.8) is 0 Å². The number of benzene rings is 2. The van der Waals surface area contributed by atoms with Crippen LogP contribution < -0.4 is 4.74 Å². The molecule has 0 unspecified atom stereocenters. The van der Waals surface area contributed by atoms with Crippen molar-refractivity contribution >= 4 is 23.5 Å². The number of halogens is 1. The first-order chi connectivity index (χ1) is 13.9. The van der Waals surface area contributed by atoms with Gasteiger partial charge >= 0.3 is 0 Å². The highest BCUT2D eigenvalue weighted by molar-refractivity contribution is 6.32. The molecule has 2 aromatic carbocycles. The minimum Gasteiger partial charge on any atom is -0.437 e. The number of ketones is 1. The fourth-order valence-corrected chi connectivity index (χ4v) is 3.33. The molecule has 0 N–H and O–H groups in total. The van der Waals surface area contributed by atoms with Crippen LogP contribution in [0.25, 0.3) is 17.2 Å². The third kappa shape index (κ3) is 5.78. The predicted molar refractivity (Wildman–Crippen MR) is 119 cm³/mol. The Balaban J connectivity index is 1.69. The highest BCUT2D eigenvalue weighted by atomic mass is 35.5. The van der Waals surface area contributed by atoms with Crippen molar-refractivity contribution in [1.82, 2.24) is 4.98 Å². The van der Waals surface area contributed by atoms with Crippen molar-refractivity contribution in [3.8, 4) is 22.8 Å². The molecule has 1 aromatic heterocycles. The maximum Gasteiger partial charge on any atom is 0.219 e. The number of carbonyl (C=O) groups is 1. The van der Waals surface area contributed by atoms with Crippen LogP contribution in [0, 0.1) is 12.8 Å². The van der Waals surface area contributed by atoms with Crippen molar-refractivity contribution in [3.05, 3.63) is 83.0 Å². The summed E-state index contributed by atoms with van der Waals surface area (Å²) in [5, 5.41) is 0.537. The van der Waals surface area contributed by atoms with Gasteiger partial charge < -0.3 is 9.53 Å². The lowest BCUT2D eigenvalue weighted by molar-refractivity contribution is -0.117.